The summed E-state index contributed by atoms with van der Waals surface area (Å²) < 4.78 is 33.5. The smallest absolute Gasteiger partial charge is 0.411 e. The zero-order valence-corrected chi connectivity index (χ0v) is 15.3. The Balaban J connectivity index is 2.65. The molecule has 0 radical (unpaired) electrons. The van der Waals surface area contributed by atoms with Crippen LogP contribution in [0.4, 0.5) is 35.4 Å². The van der Waals surface area contributed by atoms with Crippen LogP contribution in [0.3, 0.4) is 0 Å². The third kappa shape index (κ3) is 5.57. The molecule has 0 aliphatic carbocycles. The van der Waals surface area contributed by atoms with Gasteiger partial charge in [-0.15, -0.1) is 0 Å². The number of nitro benzene ring substituents is 2. The van der Waals surface area contributed by atoms with E-state index < -0.39 is 51.5 Å². The summed E-state index contributed by atoms with van der Waals surface area (Å²) in [6.45, 7) is -1.27. The van der Waals surface area contributed by atoms with E-state index in [1.54, 1.807) is 0 Å². The number of anilines is 1. The zero-order valence-electron chi connectivity index (χ0n) is 14.5. The molecule has 14 heteroatoms. The van der Waals surface area contributed by atoms with Crippen LogP contribution in [-0.2, 0) is 4.74 Å². The van der Waals surface area contributed by atoms with Crippen LogP contribution in [0.25, 0.3) is 11.1 Å². The molecule has 0 spiro atoms. The van der Waals surface area contributed by atoms with Gasteiger partial charge in [0.1, 0.15) is 5.69 Å². The van der Waals surface area contributed by atoms with Crippen LogP contribution in [0.1, 0.15) is 0 Å². The number of carbonyl (C=O) groups is 2. The third-order valence-electron chi connectivity index (χ3n) is 3.47. The fourth-order valence-corrected chi connectivity index (χ4v) is 2.42. The maximum absolute atomic E-state index is 12.3. The van der Waals surface area contributed by atoms with Crippen molar-refractivity contribution in [2.45, 2.75) is 6.43 Å². The molecule has 0 unspecified atom stereocenters. The molecular formula is C16H10ClF2N3O8. The average molecular weight is 446 g/mol. The van der Waals surface area contributed by atoms with Crippen molar-refractivity contribution in [1.29, 1.82) is 0 Å². The van der Waals surface area contributed by atoms with Gasteiger partial charge in [-0.05, 0) is 23.8 Å². The van der Waals surface area contributed by atoms with E-state index in [0.29, 0.717) is 0 Å². The van der Waals surface area contributed by atoms with E-state index in [0.717, 1.165) is 36.4 Å². The molecule has 2 rings (SSSR count). The van der Waals surface area contributed by atoms with Gasteiger partial charge in [0.05, 0.1) is 15.4 Å². The topological polar surface area (TPSA) is 151 Å². The summed E-state index contributed by atoms with van der Waals surface area (Å²) in [6, 6.07) is 6.23. The molecule has 1 N–H and O–H groups in total. The number of ether oxygens (including phenoxy) is 2. The number of nitrogens with one attached hydrogen (secondary N) is 1. The average Bonchev–Trinajstić information content (AvgIpc) is 2.67. The van der Waals surface area contributed by atoms with Crippen molar-refractivity contribution in [3.8, 4) is 16.9 Å². The Kier molecular flexibility index (Phi) is 7.14. The second-order valence-electron chi connectivity index (χ2n) is 5.35. The fourth-order valence-electron chi connectivity index (χ4n) is 2.34. The molecule has 0 bridgehead atoms. The van der Waals surface area contributed by atoms with Crippen LogP contribution < -0.4 is 10.1 Å². The van der Waals surface area contributed by atoms with Crippen molar-refractivity contribution in [3.63, 3.8) is 0 Å². The first-order valence-corrected chi connectivity index (χ1v) is 8.13. The molecule has 30 heavy (non-hydrogen) atoms. The Bertz CT molecular complexity index is 1000. The minimum atomic E-state index is -2.98. The molecule has 0 fully saturated rings. The number of alkyl halides is 2. The van der Waals surface area contributed by atoms with Gasteiger partial charge in [0, 0.05) is 29.8 Å². The SMILES string of the molecule is O=C(Cl)Oc1ccc([N+](=O)[O-])c(-c2ccc([N+](=O)[O-])cc2)c1NC(=O)OCC(F)F. The van der Waals surface area contributed by atoms with Gasteiger partial charge in [0.15, 0.2) is 12.4 Å². The van der Waals surface area contributed by atoms with E-state index in [1.807, 2.05) is 5.32 Å². The lowest BCUT2D eigenvalue weighted by molar-refractivity contribution is -0.385. The number of benzene rings is 2. The molecule has 11 nitrogen and oxygen atoms in total. The molecule has 0 aliphatic heterocycles. The Morgan fingerprint density at radius 2 is 1.70 bits per heavy atom. The van der Waals surface area contributed by atoms with Crippen molar-refractivity contribution in [1.82, 2.24) is 0 Å². The fraction of sp³-hybridized carbons (Fsp3) is 0.125. The molecule has 158 valence electrons. The van der Waals surface area contributed by atoms with Gasteiger partial charge in [0.25, 0.3) is 17.8 Å². The molecule has 0 saturated heterocycles. The summed E-state index contributed by atoms with van der Waals surface area (Å²) >= 11 is 5.17. The van der Waals surface area contributed by atoms with E-state index in [9.17, 15) is 38.6 Å². The quantitative estimate of drug-likeness (QED) is 0.365. The highest BCUT2D eigenvalue weighted by molar-refractivity contribution is 6.61. The minimum absolute atomic E-state index is 0.00364. The molecule has 0 aliphatic rings. The van der Waals surface area contributed by atoms with E-state index in [4.69, 9.17) is 16.3 Å². The first-order chi connectivity index (χ1) is 14.1. The molecule has 1 amide bonds. The van der Waals surface area contributed by atoms with Crippen LogP contribution >= 0.6 is 11.6 Å². The van der Waals surface area contributed by atoms with Gasteiger partial charge in [0.2, 0.25) is 0 Å². The zero-order chi connectivity index (χ0) is 22.4. The number of carbonyl (C=O) groups excluding carboxylic acids is 2. The minimum Gasteiger partial charge on any atom is -0.443 e. The summed E-state index contributed by atoms with van der Waals surface area (Å²) in [7, 11) is 0. The molecule has 2 aromatic carbocycles. The first-order valence-electron chi connectivity index (χ1n) is 7.75. The monoisotopic (exact) mass is 445 g/mol. The van der Waals surface area contributed by atoms with Crippen molar-refractivity contribution in [3.05, 3.63) is 56.6 Å². The van der Waals surface area contributed by atoms with Gasteiger partial charge >= 0.3 is 11.5 Å². The molecule has 0 atom stereocenters. The number of amides is 1. The Labute approximate surface area is 170 Å². The van der Waals surface area contributed by atoms with E-state index >= 15 is 0 Å². The van der Waals surface area contributed by atoms with E-state index in [2.05, 4.69) is 4.74 Å². The van der Waals surface area contributed by atoms with Gasteiger partial charge in [-0.1, -0.05) is 0 Å². The predicted molar refractivity (Wildman–Crippen MR) is 98.0 cm³/mol. The number of halogens is 3. The highest BCUT2D eigenvalue weighted by Gasteiger charge is 2.26. The largest absolute Gasteiger partial charge is 0.443 e. The van der Waals surface area contributed by atoms with E-state index in [-0.39, 0.29) is 16.8 Å². The number of rotatable bonds is 7. The second kappa shape index (κ2) is 9.56. The number of nitrogens with zero attached hydrogens (tertiary/aromatic N) is 2. The third-order valence-corrected chi connectivity index (χ3v) is 3.54. The normalized spacial score (nSPS) is 10.4. The maximum Gasteiger partial charge on any atom is 0.411 e. The number of non-ortho nitro benzene ring substituents is 1. The Hall–Kier alpha value is -3.87. The van der Waals surface area contributed by atoms with Gasteiger partial charge in [-0.3, -0.25) is 25.5 Å². The van der Waals surface area contributed by atoms with Crippen molar-refractivity contribution in [2.75, 3.05) is 11.9 Å². The Morgan fingerprint density at radius 1 is 1.07 bits per heavy atom. The molecule has 0 aromatic heterocycles. The summed E-state index contributed by atoms with van der Waals surface area (Å²) in [6.07, 6.45) is -4.40. The van der Waals surface area contributed by atoms with Crippen molar-refractivity contribution in [2.24, 2.45) is 0 Å². The summed E-state index contributed by atoms with van der Waals surface area (Å²) in [5.74, 6) is -0.456. The Morgan fingerprint density at radius 3 is 2.20 bits per heavy atom. The van der Waals surface area contributed by atoms with Crippen LogP contribution in [0.2, 0.25) is 0 Å². The predicted octanol–water partition coefficient (Wildman–Crippen LogP) is 4.72. The summed E-state index contributed by atoms with van der Waals surface area (Å²) in [4.78, 5) is 43.8. The summed E-state index contributed by atoms with van der Waals surface area (Å²) in [5, 5.41) is 24.3. The van der Waals surface area contributed by atoms with Crippen molar-refractivity contribution < 1.29 is 37.7 Å². The lowest BCUT2D eigenvalue weighted by Crippen LogP contribution is -2.19. The lowest BCUT2D eigenvalue weighted by atomic mass is 10.0. The van der Waals surface area contributed by atoms with Gasteiger partial charge in [-0.25, -0.2) is 18.4 Å². The van der Waals surface area contributed by atoms with Crippen LogP contribution in [-0.4, -0.2) is 34.4 Å². The summed E-state index contributed by atoms with van der Waals surface area (Å²) in [5.41, 5.74) is -3.10. The van der Waals surface area contributed by atoms with Crippen LogP contribution in [0.15, 0.2) is 36.4 Å². The van der Waals surface area contributed by atoms with Gasteiger partial charge < -0.3 is 9.47 Å². The first kappa shape index (κ1) is 22.4. The maximum atomic E-state index is 12.3. The number of hydrogen-bond acceptors (Lipinski definition) is 8. The lowest BCUT2D eigenvalue weighted by Gasteiger charge is -2.15. The van der Waals surface area contributed by atoms with E-state index in [1.165, 1.54) is 0 Å². The molecule has 0 saturated carbocycles. The molecule has 0 heterocycles. The van der Waals surface area contributed by atoms with Crippen LogP contribution in [0, 0.1) is 20.2 Å². The number of nitro groups is 2. The standard InChI is InChI=1S/C16H10ClF2N3O8/c17-15(23)30-11-6-5-10(22(27)28)13(8-1-3-9(4-2-8)21(25)26)14(11)20-16(24)29-7-12(18)19/h1-6,12H,7H2,(H,20,24). The number of hydrogen-bond donors (Lipinski definition) is 1. The highest BCUT2D eigenvalue weighted by atomic mass is 35.5. The van der Waals surface area contributed by atoms with Crippen LogP contribution in [0.5, 0.6) is 5.75 Å². The highest BCUT2D eigenvalue weighted by Crippen LogP contribution is 2.43. The van der Waals surface area contributed by atoms with Crippen molar-refractivity contribution >= 4 is 40.2 Å². The van der Waals surface area contributed by atoms with Gasteiger partial charge in [-0.2, -0.15) is 0 Å². The molecule has 2 aromatic rings. The second-order valence-corrected chi connectivity index (χ2v) is 5.66. The molecular weight excluding hydrogens is 436 g/mol.